The summed E-state index contributed by atoms with van der Waals surface area (Å²) in [6.45, 7) is 2.04. The van der Waals surface area contributed by atoms with Crippen LogP contribution in [0.3, 0.4) is 0 Å². The van der Waals surface area contributed by atoms with Crippen molar-refractivity contribution < 1.29 is 9.21 Å². The van der Waals surface area contributed by atoms with E-state index in [1.165, 1.54) is 11.1 Å². The van der Waals surface area contributed by atoms with Crippen molar-refractivity contribution in [3.63, 3.8) is 0 Å². The van der Waals surface area contributed by atoms with Gasteiger partial charge in [0, 0.05) is 25.2 Å². The first kappa shape index (κ1) is 21.4. The van der Waals surface area contributed by atoms with Crippen molar-refractivity contribution in [2.24, 2.45) is 0 Å². The molecule has 2 aromatic carbocycles. The van der Waals surface area contributed by atoms with E-state index in [-0.39, 0.29) is 11.9 Å². The van der Waals surface area contributed by atoms with E-state index in [1.807, 2.05) is 37.3 Å². The summed E-state index contributed by atoms with van der Waals surface area (Å²) in [7, 11) is 0. The third kappa shape index (κ3) is 5.66. The summed E-state index contributed by atoms with van der Waals surface area (Å²) in [6, 6.07) is 22.4. The molecule has 2 aromatic heterocycles. The number of aromatic nitrogens is 3. The number of hydrogen-bond acceptors (Lipinski definition) is 5. The molecule has 0 saturated carbocycles. The second-order valence-corrected chi connectivity index (χ2v) is 7.64. The molecule has 0 spiro atoms. The molecule has 6 heteroatoms. The van der Waals surface area contributed by atoms with Crippen LogP contribution >= 0.6 is 0 Å². The molecule has 32 heavy (non-hydrogen) atoms. The summed E-state index contributed by atoms with van der Waals surface area (Å²) in [5.41, 5.74) is 4.50. The molecule has 0 unspecified atom stereocenters. The largest absolute Gasteiger partial charge is 0.425 e. The molecule has 2 heterocycles. The van der Waals surface area contributed by atoms with Crippen molar-refractivity contribution in [1.82, 2.24) is 20.5 Å². The van der Waals surface area contributed by atoms with Crippen molar-refractivity contribution >= 4 is 5.91 Å². The van der Waals surface area contributed by atoms with E-state index < -0.39 is 0 Å². The number of pyridine rings is 1. The SMILES string of the molecule is CC[C@H](NC(=O)CCc1nnc(Cc2ccc(-c3ccccc3)cc2)o1)c1ccncc1. The van der Waals surface area contributed by atoms with E-state index in [1.54, 1.807) is 12.4 Å². The van der Waals surface area contributed by atoms with Crippen LogP contribution in [0.2, 0.25) is 0 Å². The first-order valence-corrected chi connectivity index (χ1v) is 10.9. The second kappa shape index (κ2) is 10.5. The van der Waals surface area contributed by atoms with E-state index in [0.717, 1.165) is 17.5 Å². The van der Waals surface area contributed by atoms with Crippen LogP contribution in [0.4, 0.5) is 0 Å². The predicted molar refractivity (Wildman–Crippen MR) is 123 cm³/mol. The molecule has 4 rings (SSSR count). The van der Waals surface area contributed by atoms with E-state index in [2.05, 4.69) is 56.9 Å². The van der Waals surface area contributed by atoms with Crippen molar-refractivity contribution in [3.05, 3.63) is 102 Å². The van der Waals surface area contributed by atoms with Gasteiger partial charge in [0.1, 0.15) is 0 Å². The Hall–Kier alpha value is -3.80. The van der Waals surface area contributed by atoms with Gasteiger partial charge in [-0.1, -0.05) is 61.5 Å². The van der Waals surface area contributed by atoms with Gasteiger partial charge in [0.25, 0.3) is 0 Å². The Morgan fingerprint density at radius 2 is 1.59 bits per heavy atom. The van der Waals surface area contributed by atoms with Crippen LogP contribution in [0.1, 0.15) is 48.7 Å². The monoisotopic (exact) mass is 426 g/mol. The molecular weight excluding hydrogens is 400 g/mol. The van der Waals surface area contributed by atoms with Crippen molar-refractivity contribution in [2.45, 2.75) is 38.6 Å². The quantitative estimate of drug-likeness (QED) is 0.411. The number of hydrogen-bond donors (Lipinski definition) is 1. The number of carbonyl (C=O) groups is 1. The Kier molecular flexibility index (Phi) is 7.02. The Morgan fingerprint density at radius 3 is 2.31 bits per heavy atom. The smallest absolute Gasteiger partial charge is 0.220 e. The van der Waals surface area contributed by atoms with Gasteiger partial charge in [0.2, 0.25) is 17.7 Å². The molecule has 6 nitrogen and oxygen atoms in total. The summed E-state index contributed by atoms with van der Waals surface area (Å²) < 4.78 is 5.76. The third-order valence-corrected chi connectivity index (χ3v) is 5.34. The van der Waals surface area contributed by atoms with Gasteiger partial charge >= 0.3 is 0 Å². The van der Waals surface area contributed by atoms with Gasteiger partial charge < -0.3 is 9.73 Å². The summed E-state index contributed by atoms with van der Waals surface area (Å²) in [6.07, 6.45) is 5.56. The topological polar surface area (TPSA) is 80.9 Å². The van der Waals surface area contributed by atoms with Crippen LogP contribution < -0.4 is 5.32 Å². The zero-order chi connectivity index (χ0) is 22.2. The normalized spacial score (nSPS) is 11.8. The molecule has 1 atom stereocenters. The van der Waals surface area contributed by atoms with E-state index >= 15 is 0 Å². The Bertz CT molecular complexity index is 1130. The molecule has 162 valence electrons. The second-order valence-electron chi connectivity index (χ2n) is 7.64. The Balaban J connectivity index is 1.29. The fourth-order valence-corrected chi connectivity index (χ4v) is 3.58. The van der Waals surface area contributed by atoms with E-state index in [0.29, 0.717) is 31.0 Å². The summed E-state index contributed by atoms with van der Waals surface area (Å²) >= 11 is 0. The number of nitrogens with one attached hydrogen (secondary N) is 1. The molecule has 0 aliphatic carbocycles. The highest BCUT2D eigenvalue weighted by atomic mass is 16.4. The van der Waals surface area contributed by atoms with Crippen molar-refractivity contribution in [1.29, 1.82) is 0 Å². The fourth-order valence-electron chi connectivity index (χ4n) is 3.58. The number of carbonyl (C=O) groups excluding carboxylic acids is 1. The third-order valence-electron chi connectivity index (χ3n) is 5.34. The summed E-state index contributed by atoms with van der Waals surface area (Å²) in [5.74, 6) is 0.994. The van der Waals surface area contributed by atoms with Gasteiger partial charge in [0.15, 0.2) is 0 Å². The lowest BCUT2D eigenvalue weighted by Gasteiger charge is -2.16. The van der Waals surface area contributed by atoms with E-state index in [9.17, 15) is 4.79 Å². The minimum Gasteiger partial charge on any atom is -0.425 e. The minimum absolute atomic E-state index is 0.0254. The van der Waals surface area contributed by atoms with E-state index in [4.69, 9.17) is 4.42 Å². The number of rotatable bonds is 9. The van der Waals surface area contributed by atoms with Crippen LogP contribution in [0, 0.1) is 0 Å². The highest BCUT2D eigenvalue weighted by Gasteiger charge is 2.14. The summed E-state index contributed by atoms with van der Waals surface area (Å²) in [5, 5.41) is 11.3. The molecular formula is C26H26N4O2. The minimum atomic E-state index is -0.0371. The number of nitrogens with zero attached hydrogens (tertiary/aromatic N) is 3. The first-order chi connectivity index (χ1) is 15.7. The Labute approximate surface area is 187 Å². The maximum Gasteiger partial charge on any atom is 0.220 e. The van der Waals surface area contributed by atoms with Gasteiger partial charge in [-0.05, 0) is 40.8 Å². The summed E-state index contributed by atoms with van der Waals surface area (Å²) in [4.78, 5) is 16.4. The molecule has 0 radical (unpaired) electrons. The first-order valence-electron chi connectivity index (χ1n) is 10.9. The maximum atomic E-state index is 12.4. The van der Waals surface area contributed by atoms with Crippen LogP contribution in [-0.2, 0) is 17.6 Å². The molecule has 1 N–H and O–H groups in total. The van der Waals surface area contributed by atoms with Gasteiger partial charge in [-0.3, -0.25) is 9.78 Å². The molecule has 0 aliphatic rings. The van der Waals surface area contributed by atoms with Crippen LogP contribution in [0.25, 0.3) is 11.1 Å². The zero-order valence-corrected chi connectivity index (χ0v) is 18.1. The fraction of sp³-hybridized carbons (Fsp3) is 0.231. The van der Waals surface area contributed by atoms with Gasteiger partial charge in [-0.25, -0.2) is 0 Å². The number of aryl methyl sites for hydroxylation is 1. The van der Waals surface area contributed by atoms with Gasteiger partial charge in [0.05, 0.1) is 12.5 Å². The lowest BCUT2D eigenvalue weighted by atomic mass is 10.0. The predicted octanol–water partition coefficient (Wildman–Crippen LogP) is 4.92. The average Bonchev–Trinajstić information content (AvgIpc) is 3.30. The van der Waals surface area contributed by atoms with Crippen LogP contribution in [0.5, 0.6) is 0 Å². The van der Waals surface area contributed by atoms with Crippen molar-refractivity contribution in [2.75, 3.05) is 0 Å². The molecule has 0 aliphatic heterocycles. The molecule has 0 bridgehead atoms. The number of benzene rings is 2. The van der Waals surface area contributed by atoms with Crippen LogP contribution in [-0.4, -0.2) is 21.1 Å². The molecule has 1 amide bonds. The highest BCUT2D eigenvalue weighted by Crippen LogP contribution is 2.20. The lowest BCUT2D eigenvalue weighted by molar-refractivity contribution is -0.121. The van der Waals surface area contributed by atoms with Crippen LogP contribution in [0.15, 0.2) is 83.5 Å². The van der Waals surface area contributed by atoms with Crippen molar-refractivity contribution in [3.8, 4) is 11.1 Å². The molecule has 0 saturated heterocycles. The standard InChI is InChI=1S/C26H26N4O2/c1-2-23(22-14-16-27-17-15-22)28-24(31)12-13-25-29-30-26(32-25)18-19-8-10-21(11-9-19)20-6-4-3-5-7-20/h3-11,14-17,23H,2,12-13,18H2,1H3,(H,28,31)/t23-/m0/s1. The average molecular weight is 427 g/mol. The number of amides is 1. The molecule has 4 aromatic rings. The van der Waals surface area contributed by atoms with Gasteiger partial charge in [-0.2, -0.15) is 0 Å². The highest BCUT2D eigenvalue weighted by molar-refractivity contribution is 5.76. The van der Waals surface area contributed by atoms with Gasteiger partial charge in [-0.15, -0.1) is 10.2 Å². The Morgan fingerprint density at radius 1 is 0.906 bits per heavy atom. The zero-order valence-electron chi connectivity index (χ0n) is 18.1. The maximum absolute atomic E-state index is 12.4. The molecule has 0 fully saturated rings. The lowest BCUT2D eigenvalue weighted by Crippen LogP contribution is -2.28.